The molecular weight excluding hydrogens is 207 g/mol. The lowest BCUT2D eigenvalue weighted by Crippen LogP contribution is -2.45. The molecule has 0 aromatic carbocycles. The molecule has 1 aromatic heterocycles. The van der Waals surface area contributed by atoms with E-state index < -0.39 is 0 Å². The number of hydrogen-bond donors (Lipinski definition) is 1. The fourth-order valence-electron chi connectivity index (χ4n) is 1.94. The molecule has 2 rings (SSSR count). The van der Waals surface area contributed by atoms with Crippen LogP contribution in [0.25, 0.3) is 0 Å². The highest BCUT2D eigenvalue weighted by Crippen LogP contribution is 2.21. The van der Waals surface area contributed by atoms with Crippen molar-refractivity contribution in [2.24, 2.45) is 0 Å². The smallest absolute Gasteiger partial charge is 0.141 e. The third-order valence-corrected chi connectivity index (χ3v) is 2.91. The van der Waals surface area contributed by atoms with Gasteiger partial charge in [0.1, 0.15) is 5.82 Å². The van der Waals surface area contributed by atoms with Crippen molar-refractivity contribution in [3.05, 3.63) is 29.8 Å². The van der Waals surface area contributed by atoms with Crippen LogP contribution in [0.4, 0.5) is 4.39 Å². The lowest BCUT2D eigenvalue weighted by atomic mass is 9.96. The Bertz CT molecular complexity index is 351. The number of pyridine rings is 1. The van der Waals surface area contributed by atoms with E-state index in [9.17, 15) is 4.39 Å². The van der Waals surface area contributed by atoms with Crippen molar-refractivity contribution in [3.63, 3.8) is 0 Å². The lowest BCUT2D eigenvalue weighted by Gasteiger charge is -2.34. The maximum absolute atomic E-state index is 12.9. The van der Waals surface area contributed by atoms with Gasteiger partial charge in [-0.15, -0.1) is 0 Å². The van der Waals surface area contributed by atoms with Crippen LogP contribution in [0, 0.1) is 5.82 Å². The highest BCUT2D eigenvalue weighted by molar-refractivity contribution is 5.09. The van der Waals surface area contributed by atoms with Crippen molar-refractivity contribution in [2.45, 2.75) is 32.0 Å². The average molecular weight is 224 g/mol. The van der Waals surface area contributed by atoms with Gasteiger partial charge in [0.25, 0.3) is 0 Å². The van der Waals surface area contributed by atoms with Crippen molar-refractivity contribution in [1.82, 2.24) is 10.3 Å². The first-order chi connectivity index (χ1) is 7.68. The van der Waals surface area contributed by atoms with Crippen molar-refractivity contribution in [3.8, 4) is 0 Å². The van der Waals surface area contributed by atoms with E-state index in [1.54, 1.807) is 6.20 Å². The number of nitrogens with zero attached hydrogens (tertiary/aromatic N) is 1. The van der Waals surface area contributed by atoms with Gasteiger partial charge in [0.05, 0.1) is 18.4 Å². The van der Waals surface area contributed by atoms with E-state index in [2.05, 4.69) is 17.2 Å². The summed E-state index contributed by atoms with van der Waals surface area (Å²) < 4.78 is 18.7. The van der Waals surface area contributed by atoms with Crippen LogP contribution in [-0.4, -0.2) is 23.7 Å². The Morgan fingerprint density at radius 2 is 2.44 bits per heavy atom. The van der Waals surface area contributed by atoms with Crippen LogP contribution in [0.3, 0.4) is 0 Å². The normalized spacial score (nSPS) is 25.6. The van der Waals surface area contributed by atoms with Crippen LogP contribution in [0.1, 0.15) is 25.3 Å². The quantitative estimate of drug-likeness (QED) is 0.851. The summed E-state index contributed by atoms with van der Waals surface area (Å²) in [5.41, 5.74) is 0.650. The van der Waals surface area contributed by atoms with E-state index in [4.69, 9.17) is 4.74 Å². The minimum atomic E-state index is -0.312. The fourth-order valence-corrected chi connectivity index (χ4v) is 1.94. The number of nitrogens with one attached hydrogen (secondary N) is 1. The number of aromatic nitrogens is 1. The van der Waals surface area contributed by atoms with E-state index in [1.807, 2.05) is 0 Å². The first-order valence-corrected chi connectivity index (χ1v) is 5.62. The molecule has 1 aliphatic heterocycles. The Morgan fingerprint density at radius 3 is 3.12 bits per heavy atom. The third kappa shape index (κ3) is 3.00. The summed E-state index contributed by atoms with van der Waals surface area (Å²) in [6.07, 6.45) is 5.01. The Hall–Kier alpha value is -1.00. The van der Waals surface area contributed by atoms with Gasteiger partial charge in [-0.25, -0.2) is 4.39 Å². The van der Waals surface area contributed by atoms with Crippen LogP contribution < -0.4 is 5.32 Å². The van der Waals surface area contributed by atoms with E-state index >= 15 is 0 Å². The monoisotopic (exact) mass is 224 g/mol. The van der Waals surface area contributed by atoms with Crippen LogP contribution in [0.15, 0.2) is 18.5 Å². The molecule has 1 unspecified atom stereocenters. The molecule has 0 bridgehead atoms. The first kappa shape index (κ1) is 11.5. The first-order valence-electron chi connectivity index (χ1n) is 5.62. The van der Waals surface area contributed by atoms with Gasteiger partial charge in [-0.3, -0.25) is 4.98 Å². The van der Waals surface area contributed by atoms with Crippen LogP contribution >= 0.6 is 0 Å². The molecule has 3 nitrogen and oxygen atoms in total. The van der Waals surface area contributed by atoms with Crippen LogP contribution in [0.5, 0.6) is 0 Å². The molecule has 88 valence electrons. The fraction of sp³-hybridized carbons (Fsp3) is 0.583. The number of rotatable bonds is 3. The van der Waals surface area contributed by atoms with Crippen molar-refractivity contribution in [1.29, 1.82) is 0 Å². The van der Waals surface area contributed by atoms with E-state index in [-0.39, 0.29) is 11.4 Å². The standard InChI is InChI=1S/C12H17FN2O/c1-12(3-2-4-14-9-12)16-8-10-5-11(13)7-15-6-10/h5-7,14H,2-4,8-9H2,1H3. The lowest BCUT2D eigenvalue weighted by molar-refractivity contribution is -0.0573. The summed E-state index contributed by atoms with van der Waals surface area (Å²) in [5.74, 6) is -0.312. The maximum Gasteiger partial charge on any atom is 0.141 e. The number of piperidine rings is 1. The molecule has 0 spiro atoms. The Kier molecular flexibility index (Phi) is 3.51. The predicted molar refractivity (Wildman–Crippen MR) is 59.5 cm³/mol. The minimum absolute atomic E-state index is 0.134. The van der Waals surface area contributed by atoms with Crippen LogP contribution in [-0.2, 0) is 11.3 Å². The minimum Gasteiger partial charge on any atom is -0.369 e. The average Bonchev–Trinajstić information content (AvgIpc) is 2.28. The highest BCUT2D eigenvalue weighted by atomic mass is 19.1. The van der Waals surface area contributed by atoms with Crippen molar-refractivity contribution < 1.29 is 9.13 Å². The summed E-state index contributed by atoms with van der Waals surface area (Å²) in [6, 6.07) is 1.46. The molecule has 2 heterocycles. The Labute approximate surface area is 95.0 Å². The topological polar surface area (TPSA) is 34.1 Å². The number of halogens is 1. The maximum atomic E-state index is 12.9. The zero-order valence-corrected chi connectivity index (χ0v) is 9.50. The third-order valence-electron chi connectivity index (χ3n) is 2.91. The van der Waals surface area contributed by atoms with E-state index in [0.717, 1.165) is 31.5 Å². The second kappa shape index (κ2) is 4.89. The molecule has 1 atom stereocenters. The predicted octanol–water partition coefficient (Wildman–Crippen LogP) is 1.88. The molecule has 1 saturated heterocycles. The van der Waals surface area contributed by atoms with Gasteiger partial charge in [-0.1, -0.05) is 0 Å². The number of hydrogen-bond acceptors (Lipinski definition) is 3. The SMILES string of the molecule is CC1(OCc2cncc(F)c2)CCCNC1. The largest absolute Gasteiger partial charge is 0.369 e. The van der Waals surface area contributed by atoms with Crippen LogP contribution in [0.2, 0.25) is 0 Å². The zero-order valence-electron chi connectivity index (χ0n) is 9.50. The Morgan fingerprint density at radius 1 is 1.56 bits per heavy atom. The highest BCUT2D eigenvalue weighted by Gasteiger charge is 2.27. The van der Waals surface area contributed by atoms with Gasteiger partial charge in [0.15, 0.2) is 0 Å². The summed E-state index contributed by atoms with van der Waals surface area (Å²) in [4.78, 5) is 3.80. The van der Waals surface area contributed by atoms with Gasteiger partial charge < -0.3 is 10.1 Å². The molecule has 0 amide bonds. The molecular formula is C12H17FN2O. The molecule has 16 heavy (non-hydrogen) atoms. The molecule has 1 aliphatic rings. The Balaban J connectivity index is 1.91. The second-order valence-electron chi connectivity index (χ2n) is 4.53. The van der Waals surface area contributed by atoms with Crippen molar-refractivity contribution in [2.75, 3.05) is 13.1 Å². The molecule has 0 radical (unpaired) electrons. The van der Waals surface area contributed by atoms with Gasteiger partial charge in [0.2, 0.25) is 0 Å². The van der Waals surface area contributed by atoms with E-state index in [1.165, 1.54) is 12.3 Å². The van der Waals surface area contributed by atoms with Gasteiger partial charge in [-0.05, 0) is 37.9 Å². The summed E-state index contributed by atoms with van der Waals surface area (Å²) in [7, 11) is 0. The van der Waals surface area contributed by atoms with Gasteiger partial charge >= 0.3 is 0 Å². The van der Waals surface area contributed by atoms with Crippen molar-refractivity contribution >= 4 is 0 Å². The molecule has 1 N–H and O–H groups in total. The molecule has 1 fully saturated rings. The van der Waals surface area contributed by atoms with Gasteiger partial charge in [0, 0.05) is 12.7 Å². The second-order valence-corrected chi connectivity index (χ2v) is 4.53. The summed E-state index contributed by atoms with van der Waals surface area (Å²) >= 11 is 0. The molecule has 4 heteroatoms. The number of ether oxygens (including phenoxy) is 1. The molecule has 0 saturated carbocycles. The zero-order chi connectivity index (χ0) is 11.4. The summed E-state index contributed by atoms with van der Waals surface area (Å²) in [6.45, 7) is 4.42. The molecule has 1 aromatic rings. The van der Waals surface area contributed by atoms with E-state index in [0.29, 0.717) is 6.61 Å². The summed E-state index contributed by atoms with van der Waals surface area (Å²) in [5, 5.41) is 3.31. The molecule has 0 aliphatic carbocycles. The van der Waals surface area contributed by atoms with Gasteiger partial charge in [-0.2, -0.15) is 0 Å².